The summed E-state index contributed by atoms with van der Waals surface area (Å²) in [6.07, 6.45) is -6.65. The van der Waals surface area contributed by atoms with Crippen LogP contribution < -0.4 is 4.83 Å². The molecule has 270 valence electrons. The van der Waals surface area contributed by atoms with Crippen molar-refractivity contribution < 1.29 is 44.7 Å². The Morgan fingerprint density at radius 3 is 1.96 bits per heavy atom. The first-order chi connectivity index (χ1) is 23.3. The molecule has 15 heteroatoms. The molecule has 2 amide bonds. The largest absolute Gasteiger partial charge is 0.447 e. The monoisotopic (exact) mass is 722 g/mol. The van der Waals surface area contributed by atoms with Gasteiger partial charge in [-0.3, -0.25) is 4.79 Å². The van der Waals surface area contributed by atoms with Crippen LogP contribution in [0.3, 0.4) is 0 Å². The Hall–Kier alpha value is -4.40. The molecule has 3 aromatic rings. The number of amides is 2. The first-order valence-corrected chi connectivity index (χ1v) is 17.5. The summed E-state index contributed by atoms with van der Waals surface area (Å²) in [5, 5.41) is 6.93. The maximum absolute atomic E-state index is 14.8. The van der Waals surface area contributed by atoms with Gasteiger partial charge in [0, 0.05) is 6.07 Å². The molecular weight excluding hydrogens is 683 g/mol. The normalized spacial score (nSPS) is 16.8. The standard InChI is InChI=1S/C35H39F5N4O5S/c1-19(2)23-15-28(20(3)4)32(29(16-23)21(5)6)50(47,48)43-42-41-31(30(35(38,39)40)24-13-25(36)17-26(37)14-24)33(45)44-27(18-49-34(44)46)12-22-10-8-7-9-11-22/h7-11,13-17,19-21,27,30-31H,12,18H2,1-6H3,(H,41,43)/t27-,30+,31-/m0/s1. The van der Waals surface area contributed by atoms with Gasteiger partial charge in [-0.05, 0) is 64.1 Å². The molecule has 0 aromatic heterocycles. The maximum atomic E-state index is 14.8. The molecule has 1 aliphatic rings. The number of sulfonamides is 1. The molecule has 0 radical (unpaired) electrons. The predicted molar refractivity (Wildman–Crippen MR) is 175 cm³/mol. The van der Waals surface area contributed by atoms with E-state index in [1.54, 1.807) is 70.2 Å². The Morgan fingerprint density at radius 1 is 0.900 bits per heavy atom. The predicted octanol–water partition coefficient (Wildman–Crippen LogP) is 8.29. The third-order valence-electron chi connectivity index (χ3n) is 8.37. The van der Waals surface area contributed by atoms with Crippen LogP contribution in [-0.2, 0) is 26.0 Å². The molecule has 0 bridgehead atoms. The van der Waals surface area contributed by atoms with Crippen LogP contribution in [-0.4, -0.2) is 50.2 Å². The van der Waals surface area contributed by atoms with Crippen LogP contribution in [0.25, 0.3) is 0 Å². The summed E-state index contributed by atoms with van der Waals surface area (Å²) in [7, 11) is -4.62. The smallest absolute Gasteiger partial charge is 0.417 e. The van der Waals surface area contributed by atoms with Gasteiger partial charge in [0.15, 0.2) is 6.04 Å². The van der Waals surface area contributed by atoms with E-state index in [-0.39, 0.29) is 35.7 Å². The van der Waals surface area contributed by atoms with Crippen molar-refractivity contribution in [2.24, 2.45) is 10.3 Å². The summed E-state index contributed by atoms with van der Waals surface area (Å²) in [5.41, 5.74) is 1.34. The molecule has 0 spiro atoms. The number of imide groups is 1. The minimum absolute atomic E-state index is 0.00240. The summed E-state index contributed by atoms with van der Waals surface area (Å²) in [4.78, 5) is 29.0. The van der Waals surface area contributed by atoms with Gasteiger partial charge in [0.05, 0.1) is 10.9 Å². The van der Waals surface area contributed by atoms with Crippen molar-refractivity contribution in [2.75, 3.05) is 6.61 Å². The second kappa shape index (κ2) is 15.2. The number of nitrogens with zero attached hydrogens (tertiary/aromatic N) is 3. The Bertz CT molecular complexity index is 1800. The zero-order chi connectivity index (χ0) is 37.1. The summed E-state index contributed by atoms with van der Waals surface area (Å²) in [5.74, 6) is -7.90. The lowest BCUT2D eigenvalue weighted by atomic mass is 9.89. The van der Waals surface area contributed by atoms with Crippen molar-refractivity contribution in [1.82, 2.24) is 9.73 Å². The van der Waals surface area contributed by atoms with Gasteiger partial charge < -0.3 is 4.74 Å². The molecule has 1 N–H and O–H groups in total. The Balaban J connectivity index is 1.83. The van der Waals surface area contributed by atoms with Gasteiger partial charge in [-0.1, -0.05) is 89.2 Å². The van der Waals surface area contributed by atoms with Gasteiger partial charge >= 0.3 is 12.3 Å². The van der Waals surface area contributed by atoms with Gasteiger partial charge in [-0.25, -0.2) is 18.5 Å². The number of halogens is 5. The van der Waals surface area contributed by atoms with E-state index >= 15 is 0 Å². The number of carbonyl (C=O) groups is 2. The fourth-order valence-electron chi connectivity index (χ4n) is 5.86. The lowest BCUT2D eigenvalue weighted by Gasteiger charge is -2.29. The molecule has 9 nitrogen and oxygen atoms in total. The van der Waals surface area contributed by atoms with Gasteiger partial charge in [0.25, 0.3) is 15.9 Å². The molecular formula is C35H39F5N4O5S. The number of alkyl halides is 3. The zero-order valence-corrected chi connectivity index (χ0v) is 29.1. The van der Waals surface area contributed by atoms with E-state index in [0.29, 0.717) is 39.8 Å². The highest BCUT2D eigenvalue weighted by molar-refractivity contribution is 7.89. The number of nitrogens with one attached hydrogen (secondary N) is 1. The minimum Gasteiger partial charge on any atom is -0.447 e. The van der Waals surface area contributed by atoms with E-state index in [2.05, 4.69) is 10.3 Å². The minimum atomic E-state index is -5.39. The van der Waals surface area contributed by atoms with Crippen LogP contribution in [0.1, 0.15) is 93.0 Å². The van der Waals surface area contributed by atoms with E-state index in [4.69, 9.17) is 4.74 Å². The molecule has 3 atom stereocenters. The number of benzene rings is 3. The highest BCUT2D eigenvalue weighted by Gasteiger charge is 2.53. The van der Waals surface area contributed by atoms with E-state index < -0.39 is 63.4 Å². The molecule has 1 fully saturated rings. The molecule has 3 aromatic carbocycles. The van der Waals surface area contributed by atoms with Crippen molar-refractivity contribution in [3.63, 3.8) is 0 Å². The number of carbonyl (C=O) groups excluding carboxylic acids is 2. The van der Waals surface area contributed by atoms with Crippen LogP contribution in [0.2, 0.25) is 0 Å². The van der Waals surface area contributed by atoms with Crippen molar-refractivity contribution in [3.8, 4) is 0 Å². The van der Waals surface area contributed by atoms with E-state index in [0.717, 1.165) is 5.56 Å². The van der Waals surface area contributed by atoms with Crippen LogP contribution in [0.15, 0.2) is 75.9 Å². The van der Waals surface area contributed by atoms with E-state index in [9.17, 15) is 40.0 Å². The second-order valence-corrected chi connectivity index (χ2v) is 14.7. The van der Waals surface area contributed by atoms with Crippen molar-refractivity contribution in [3.05, 3.63) is 100 Å². The highest BCUT2D eigenvalue weighted by atomic mass is 32.2. The van der Waals surface area contributed by atoms with Crippen LogP contribution in [0.5, 0.6) is 0 Å². The zero-order valence-electron chi connectivity index (χ0n) is 28.3. The SMILES string of the molecule is CC(C)c1cc(C(C)C)c(S(=O)(=O)NN=N[C@H](C(=O)N2C(=O)OC[C@@H]2Cc2ccccc2)[C@@H](c2cc(F)cc(F)c2)C(F)(F)F)c(C(C)C)c1. The summed E-state index contributed by atoms with van der Waals surface area (Å²) >= 11 is 0. The fraction of sp³-hybridized carbons (Fsp3) is 0.429. The molecule has 50 heavy (non-hydrogen) atoms. The Morgan fingerprint density at radius 2 is 1.46 bits per heavy atom. The van der Waals surface area contributed by atoms with Crippen LogP contribution in [0.4, 0.5) is 26.7 Å². The van der Waals surface area contributed by atoms with Gasteiger partial charge in [0.2, 0.25) is 0 Å². The van der Waals surface area contributed by atoms with Crippen molar-refractivity contribution in [2.45, 2.75) is 94.8 Å². The first kappa shape index (κ1) is 38.4. The average Bonchev–Trinajstić information content (AvgIpc) is 3.37. The fourth-order valence-corrected chi connectivity index (χ4v) is 7.31. The van der Waals surface area contributed by atoms with Crippen LogP contribution >= 0.6 is 0 Å². The van der Waals surface area contributed by atoms with Crippen molar-refractivity contribution in [1.29, 1.82) is 0 Å². The number of rotatable bonds is 12. The average molecular weight is 723 g/mol. The number of ether oxygens (including phenoxy) is 1. The third kappa shape index (κ3) is 8.66. The maximum Gasteiger partial charge on any atom is 0.417 e. The molecule has 1 heterocycles. The first-order valence-electron chi connectivity index (χ1n) is 16.0. The summed E-state index contributed by atoms with van der Waals surface area (Å²) < 4.78 is 106. The lowest BCUT2D eigenvalue weighted by Crippen LogP contribution is -2.49. The number of cyclic esters (lactones) is 1. The number of hydrogen-bond acceptors (Lipinski definition) is 7. The number of hydrogen-bond donors (Lipinski definition) is 1. The third-order valence-corrected chi connectivity index (χ3v) is 9.70. The quantitative estimate of drug-likeness (QED) is 0.115. The van der Waals surface area contributed by atoms with Crippen LogP contribution in [0, 0.1) is 11.6 Å². The molecule has 4 rings (SSSR count). The lowest BCUT2D eigenvalue weighted by molar-refractivity contribution is -0.164. The Kier molecular flexibility index (Phi) is 11.7. The van der Waals surface area contributed by atoms with Gasteiger partial charge in [0.1, 0.15) is 24.2 Å². The van der Waals surface area contributed by atoms with Gasteiger partial charge in [-0.2, -0.15) is 31.5 Å². The summed E-state index contributed by atoms with van der Waals surface area (Å²) in [6, 6.07) is 9.25. The molecule has 0 unspecified atom stereocenters. The molecule has 1 saturated heterocycles. The second-order valence-electron chi connectivity index (χ2n) is 13.1. The summed E-state index contributed by atoms with van der Waals surface area (Å²) in [6.45, 7) is 10.7. The topological polar surface area (TPSA) is 118 Å². The highest BCUT2D eigenvalue weighted by Crippen LogP contribution is 2.41. The van der Waals surface area contributed by atoms with E-state index in [1.807, 2.05) is 18.7 Å². The van der Waals surface area contributed by atoms with E-state index in [1.165, 1.54) is 0 Å². The molecule has 1 aliphatic heterocycles. The molecule has 0 aliphatic carbocycles. The molecule has 0 saturated carbocycles. The van der Waals surface area contributed by atoms with Crippen molar-refractivity contribution >= 4 is 22.0 Å². The Labute approximate surface area is 287 Å². The van der Waals surface area contributed by atoms with Gasteiger partial charge in [-0.15, -0.1) is 0 Å².